The number of esters is 2. The lowest BCUT2D eigenvalue weighted by Crippen LogP contribution is -2.38. The van der Waals surface area contributed by atoms with E-state index in [1.807, 2.05) is 159 Å². The first kappa shape index (κ1) is 63.0. The zero-order valence-corrected chi connectivity index (χ0v) is 48.5. The van der Waals surface area contributed by atoms with Crippen molar-refractivity contribution in [3.63, 3.8) is 0 Å². The standard InChI is InChI=1S/C27H28N2O4.C20H20ClNO5.C20H21NO5/c1-19(22-10-6-3-7-11-22)28-26(31)27(17-24(27)25(30)29-32)16-20-12-14-23(15-13-20)33-18-21-8-4-2-5-9-21;1-2-26-19(24)20(12-17(20)18(23)22-25)11-13-6-8-15(9-7-13)27-16-5-3-4-14(21)10-16;1-2-25-19(23)20(13-17(20)18(22)21-24)12-14-8-10-16(11-9-14)26-15-6-4-3-5-7-15/h2-15,19,24,32H,16-18H2,1H3,(H,28,31)(H,29,30);3-10,17,25H,2,11-12H2,1H3,(H,22,23);3-11,17,24H,2,12-13H2,1H3,(H,21,22)/t19-,24+,27-;2*17-,20+/m011/s1. The number of benzene rings is 7. The molecular weight excluding hydrogens is 1120 g/mol. The molecule has 0 heterocycles. The summed E-state index contributed by atoms with van der Waals surface area (Å²) in [6, 6.07) is 58.2. The van der Waals surface area contributed by atoms with Crippen LogP contribution in [0.5, 0.6) is 28.7 Å². The van der Waals surface area contributed by atoms with Crippen LogP contribution in [0, 0.1) is 34.0 Å². The molecule has 3 aliphatic carbocycles. The second kappa shape index (κ2) is 29.2. The molecule has 448 valence electrons. The fraction of sp³-hybridized carbons (Fsp3) is 0.284. The van der Waals surface area contributed by atoms with Gasteiger partial charge in [0.1, 0.15) is 35.4 Å². The van der Waals surface area contributed by atoms with Crippen molar-refractivity contribution in [1.82, 2.24) is 21.8 Å². The molecule has 3 saturated carbocycles. The molecule has 0 aliphatic heterocycles. The fourth-order valence-corrected chi connectivity index (χ4v) is 10.8. The number of carbonyl (C=O) groups excluding carboxylic acids is 6. The number of amides is 4. The maximum atomic E-state index is 13.3. The molecule has 3 fully saturated rings. The van der Waals surface area contributed by atoms with Crippen molar-refractivity contribution in [3.8, 4) is 28.7 Å². The number of rotatable bonds is 23. The first-order valence-corrected chi connectivity index (χ1v) is 28.6. The molecule has 0 radical (unpaired) electrons. The summed E-state index contributed by atoms with van der Waals surface area (Å²) in [5, 5.41) is 30.5. The Kier molecular flexibility index (Phi) is 21.3. The van der Waals surface area contributed by atoms with Crippen molar-refractivity contribution < 1.29 is 68.1 Å². The summed E-state index contributed by atoms with van der Waals surface area (Å²) in [7, 11) is 0. The molecule has 0 unspecified atom stereocenters. The highest BCUT2D eigenvalue weighted by Crippen LogP contribution is 2.58. The Morgan fingerprint density at radius 1 is 0.477 bits per heavy atom. The van der Waals surface area contributed by atoms with Gasteiger partial charge in [0, 0.05) is 5.02 Å². The Hall–Kier alpha value is -9.07. The molecule has 0 bridgehead atoms. The maximum absolute atomic E-state index is 13.3. The Morgan fingerprint density at radius 2 is 0.860 bits per heavy atom. The van der Waals surface area contributed by atoms with Gasteiger partial charge in [-0.25, -0.2) is 16.4 Å². The highest BCUT2D eigenvalue weighted by Gasteiger charge is 2.66. The lowest BCUT2D eigenvalue weighted by atomic mass is 9.92. The lowest BCUT2D eigenvalue weighted by Gasteiger charge is -2.21. The van der Waals surface area contributed by atoms with Gasteiger partial charge in [-0.3, -0.25) is 44.4 Å². The number of para-hydroxylation sites is 1. The molecule has 7 aromatic rings. The van der Waals surface area contributed by atoms with Crippen molar-refractivity contribution >= 4 is 47.2 Å². The van der Waals surface area contributed by atoms with E-state index in [0.29, 0.717) is 67.4 Å². The second-order valence-electron chi connectivity index (χ2n) is 21.4. The van der Waals surface area contributed by atoms with Gasteiger partial charge in [0.05, 0.1) is 53.3 Å². The molecule has 10 rings (SSSR count). The van der Waals surface area contributed by atoms with Crippen LogP contribution in [-0.4, -0.2) is 64.4 Å². The smallest absolute Gasteiger partial charge is 0.313 e. The van der Waals surface area contributed by atoms with Crippen LogP contribution >= 0.6 is 11.6 Å². The minimum absolute atomic E-state index is 0.183. The monoisotopic (exact) mass is 1190 g/mol. The first-order valence-electron chi connectivity index (χ1n) is 28.2. The van der Waals surface area contributed by atoms with E-state index < -0.39 is 63.7 Å². The van der Waals surface area contributed by atoms with Crippen LogP contribution in [0.1, 0.15) is 73.9 Å². The number of hydrogen-bond acceptors (Lipinski definition) is 14. The van der Waals surface area contributed by atoms with Crippen LogP contribution in [0.3, 0.4) is 0 Å². The first-order chi connectivity index (χ1) is 41.6. The summed E-state index contributed by atoms with van der Waals surface area (Å²) in [5.41, 5.74) is 7.01. The lowest BCUT2D eigenvalue weighted by molar-refractivity contribution is -0.152. The van der Waals surface area contributed by atoms with Crippen LogP contribution in [0.15, 0.2) is 188 Å². The number of halogens is 1. The third-order valence-electron chi connectivity index (χ3n) is 15.6. The van der Waals surface area contributed by atoms with E-state index in [0.717, 1.165) is 39.3 Å². The molecule has 4 amide bonds. The maximum Gasteiger partial charge on any atom is 0.313 e. The van der Waals surface area contributed by atoms with E-state index in [1.54, 1.807) is 66.7 Å². The molecule has 0 saturated heterocycles. The highest BCUT2D eigenvalue weighted by atomic mass is 35.5. The van der Waals surface area contributed by atoms with Crippen molar-refractivity contribution in [2.45, 2.75) is 71.9 Å². The molecule has 0 spiro atoms. The molecule has 3 aliphatic rings. The van der Waals surface area contributed by atoms with Gasteiger partial charge in [0.25, 0.3) is 0 Å². The topological polar surface area (TPSA) is 257 Å². The van der Waals surface area contributed by atoms with Gasteiger partial charge >= 0.3 is 11.9 Å². The molecule has 19 heteroatoms. The zero-order chi connectivity index (χ0) is 61.3. The van der Waals surface area contributed by atoms with Crippen LogP contribution < -0.4 is 36.0 Å². The summed E-state index contributed by atoms with van der Waals surface area (Å²) < 4.78 is 27.6. The van der Waals surface area contributed by atoms with Crippen molar-refractivity contribution in [3.05, 3.63) is 221 Å². The van der Waals surface area contributed by atoms with Gasteiger partial charge in [0.15, 0.2) is 0 Å². The van der Waals surface area contributed by atoms with E-state index in [9.17, 15) is 28.8 Å². The minimum atomic E-state index is -0.932. The van der Waals surface area contributed by atoms with E-state index in [2.05, 4.69) is 5.32 Å². The highest BCUT2D eigenvalue weighted by molar-refractivity contribution is 6.30. The number of nitrogens with one attached hydrogen (secondary N) is 4. The molecule has 0 aromatic heterocycles. The molecule has 7 atom stereocenters. The van der Waals surface area contributed by atoms with Crippen LogP contribution in [-0.2, 0) is 64.1 Å². The molecule has 86 heavy (non-hydrogen) atoms. The molecule has 7 N–H and O–H groups in total. The van der Waals surface area contributed by atoms with E-state index in [1.165, 1.54) is 0 Å². The third-order valence-corrected chi connectivity index (χ3v) is 15.8. The summed E-state index contributed by atoms with van der Waals surface area (Å²) in [5.74, 6) is -0.976. The number of ether oxygens (including phenoxy) is 5. The van der Waals surface area contributed by atoms with Crippen molar-refractivity contribution in [2.75, 3.05) is 13.2 Å². The van der Waals surface area contributed by atoms with Crippen LogP contribution in [0.25, 0.3) is 0 Å². The van der Waals surface area contributed by atoms with E-state index in [-0.39, 0.29) is 25.2 Å². The van der Waals surface area contributed by atoms with Crippen molar-refractivity contribution in [2.24, 2.45) is 34.0 Å². The Balaban J connectivity index is 0.000000169. The van der Waals surface area contributed by atoms with E-state index in [4.69, 9.17) is 50.9 Å². The number of hydroxylamine groups is 3. The van der Waals surface area contributed by atoms with Gasteiger partial charge in [-0.1, -0.05) is 133 Å². The Bertz CT molecular complexity index is 3420. The van der Waals surface area contributed by atoms with Gasteiger partial charge in [0.2, 0.25) is 23.6 Å². The Morgan fingerprint density at radius 3 is 1.31 bits per heavy atom. The average Bonchev–Trinajstić information content (AvgIpc) is 1.83. The number of hydrogen-bond donors (Lipinski definition) is 7. The number of carbonyl (C=O) groups is 6. The zero-order valence-electron chi connectivity index (χ0n) is 47.8. The third kappa shape index (κ3) is 16.0. The fourth-order valence-electron chi connectivity index (χ4n) is 10.6. The summed E-state index contributed by atoms with van der Waals surface area (Å²) in [6.07, 6.45) is 2.22. The summed E-state index contributed by atoms with van der Waals surface area (Å²) >= 11 is 5.95. The quantitative estimate of drug-likeness (QED) is 0.0179. The molecule has 18 nitrogen and oxygen atoms in total. The van der Waals surface area contributed by atoms with Gasteiger partial charge in [-0.05, 0) is 154 Å². The SMILES string of the molecule is CCOC(=O)[C@@]1(Cc2ccc(Oc3cccc(Cl)c3)cc2)C[C@@H]1C(=O)NO.CCOC(=O)[C@@]1(Cc2ccc(Oc3ccccc3)cc2)C[C@@H]1C(=O)NO.C[C@H](NC(=O)[C@@]1(Cc2ccc(OCc3ccccc3)cc2)C[C@@H]1C(=O)NO)c1ccccc1. The predicted molar refractivity (Wildman–Crippen MR) is 317 cm³/mol. The minimum Gasteiger partial charge on any atom is -0.489 e. The van der Waals surface area contributed by atoms with Gasteiger partial charge in [-0.2, -0.15) is 0 Å². The molecular formula is C67H69ClN4O14. The second-order valence-corrected chi connectivity index (χ2v) is 21.9. The summed E-state index contributed by atoms with van der Waals surface area (Å²) in [6.45, 7) is 6.33. The van der Waals surface area contributed by atoms with E-state index >= 15 is 0 Å². The predicted octanol–water partition coefficient (Wildman–Crippen LogP) is 11.0. The average molecular weight is 1190 g/mol. The van der Waals surface area contributed by atoms with Gasteiger partial charge < -0.3 is 29.0 Å². The van der Waals surface area contributed by atoms with Crippen LogP contribution in [0.2, 0.25) is 5.02 Å². The normalized spacial score (nSPS) is 20.4. The van der Waals surface area contributed by atoms with Crippen LogP contribution in [0.4, 0.5) is 0 Å². The van der Waals surface area contributed by atoms with Gasteiger partial charge in [-0.15, -0.1) is 0 Å². The summed E-state index contributed by atoms with van der Waals surface area (Å²) in [4.78, 5) is 73.7. The largest absolute Gasteiger partial charge is 0.489 e. The van der Waals surface area contributed by atoms with Crippen molar-refractivity contribution in [1.29, 1.82) is 0 Å². The Labute approximate surface area is 503 Å². The molecule has 7 aromatic carbocycles.